The van der Waals surface area contributed by atoms with Gasteiger partial charge in [-0.25, -0.2) is 9.78 Å². The lowest BCUT2D eigenvalue weighted by molar-refractivity contribution is -0.131. The van der Waals surface area contributed by atoms with Crippen LogP contribution in [0.2, 0.25) is 0 Å². The van der Waals surface area contributed by atoms with Crippen molar-refractivity contribution in [1.82, 2.24) is 4.98 Å². The third-order valence-electron chi connectivity index (χ3n) is 1.71. The molecule has 0 spiro atoms. The normalized spacial score (nSPS) is 10.4. The van der Waals surface area contributed by atoms with Crippen LogP contribution in [0.25, 0.3) is 6.08 Å². The molecular weight excluding hydrogens is 240 g/mol. The van der Waals surface area contributed by atoms with Gasteiger partial charge in [-0.15, -0.1) is 0 Å². The van der Waals surface area contributed by atoms with Gasteiger partial charge in [0.15, 0.2) is 0 Å². The lowest BCUT2D eigenvalue weighted by Gasteiger charge is -2.03. The molecule has 1 aromatic heterocycles. The Bertz CT molecular complexity index is 446. The van der Waals surface area contributed by atoms with E-state index in [2.05, 4.69) is 10.3 Å². The van der Waals surface area contributed by atoms with Crippen LogP contribution < -0.4 is 5.32 Å². The van der Waals surface area contributed by atoms with Crippen LogP contribution in [-0.2, 0) is 9.59 Å². The highest BCUT2D eigenvalue weighted by Gasteiger charge is 2.02. The zero-order chi connectivity index (χ0) is 12.7. The van der Waals surface area contributed by atoms with Crippen molar-refractivity contribution >= 4 is 35.5 Å². The van der Waals surface area contributed by atoms with Crippen LogP contribution in [0, 0.1) is 0 Å². The lowest BCUT2D eigenvalue weighted by Crippen LogP contribution is -2.14. The maximum Gasteiger partial charge on any atom is 0.328 e. The molecule has 0 aliphatic heterocycles. The number of thioether (sulfide) groups is 1. The number of nitrogens with one attached hydrogen (secondary N) is 1. The second kappa shape index (κ2) is 6.70. The van der Waals surface area contributed by atoms with Crippen molar-refractivity contribution < 1.29 is 14.7 Å². The maximum absolute atomic E-state index is 11.3. The van der Waals surface area contributed by atoms with E-state index in [0.29, 0.717) is 17.3 Å². The van der Waals surface area contributed by atoms with E-state index in [9.17, 15) is 9.59 Å². The van der Waals surface area contributed by atoms with Gasteiger partial charge in [-0.3, -0.25) is 4.79 Å². The van der Waals surface area contributed by atoms with Crippen molar-refractivity contribution in [2.75, 3.05) is 17.3 Å². The number of carboxylic acid groups (broad SMARTS) is 1. The number of amides is 1. The molecule has 1 aromatic rings. The van der Waals surface area contributed by atoms with Gasteiger partial charge in [0.05, 0.1) is 11.4 Å². The monoisotopic (exact) mass is 252 g/mol. The smallest absolute Gasteiger partial charge is 0.328 e. The standard InChI is InChI=1S/C11H12N2O3S/c1-17-7-10(14)13-9-4-2-3-8(12-9)5-6-11(15)16/h2-6H,7H2,1H3,(H,15,16)(H,12,13,14). The number of aliphatic carboxylic acids is 1. The molecule has 17 heavy (non-hydrogen) atoms. The van der Waals surface area contributed by atoms with Crippen LogP contribution >= 0.6 is 11.8 Å². The molecule has 0 unspecified atom stereocenters. The van der Waals surface area contributed by atoms with E-state index in [1.54, 1.807) is 18.2 Å². The molecule has 0 radical (unpaired) electrons. The van der Waals surface area contributed by atoms with Gasteiger partial charge in [0.1, 0.15) is 5.82 Å². The van der Waals surface area contributed by atoms with E-state index < -0.39 is 5.97 Å². The third kappa shape index (κ3) is 5.17. The Morgan fingerprint density at radius 1 is 1.53 bits per heavy atom. The Morgan fingerprint density at radius 2 is 2.29 bits per heavy atom. The average Bonchev–Trinajstić information content (AvgIpc) is 2.27. The molecule has 0 saturated carbocycles. The predicted octanol–water partition coefficient (Wildman–Crippen LogP) is 1.48. The summed E-state index contributed by atoms with van der Waals surface area (Å²) in [5.41, 5.74) is 0.481. The fourth-order valence-electron chi connectivity index (χ4n) is 1.08. The maximum atomic E-state index is 11.3. The summed E-state index contributed by atoms with van der Waals surface area (Å²) in [6, 6.07) is 5.00. The highest BCUT2D eigenvalue weighted by molar-refractivity contribution is 7.99. The summed E-state index contributed by atoms with van der Waals surface area (Å²) in [7, 11) is 0. The van der Waals surface area contributed by atoms with Gasteiger partial charge in [-0.05, 0) is 24.5 Å². The SMILES string of the molecule is CSCC(=O)Nc1cccc(C=CC(=O)O)n1. The van der Waals surface area contributed by atoms with E-state index >= 15 is 0 Å². The number of carbonyl (C=O) groups excluding carboxylic acids is 1. The molecule has 0 aliphatic rings. The molecule has 0 aromatic carbocycles. The molecule has 6 heteroatoms. The van der Waals surface area contributed by atoms with Gasteiger partial charge >= 0.3 is 5.97 Å². The number of pyridine rings is 1. The van der Waals surface area contributed by atoms with E-state index in [-0.39, 0.29) is 5.91 Å². The molecule has 2 N–H and O–H groups in total. The molecule has 0 atom stereocenters. The third-order valence-corrected chi connectivity index (χ3v) is 2.26. The van der Waals surface area contributed by atoms with Crippen LogP contribution in [0.4, 0.5) is 5.82 Å². The van der Waals surface area contributed by atoms with Gasteiger partial charge in [-0.1, -0.05) is 6.07 Å². The molecular formula is C11H12N2O3S. The second-order valence-corrected chi connectivity index (χ2v) is 3.97. The van der Waals surface area contributed by atoms with E-state index in [1.165, 1.54) is 17.8 Å². The molecule has 90 valence electrons. The average molecular weight is 252 g/mol. The van der Waals surface area contributed by atoms with Crippen LogP contribution in [0.15, 0.2) is 24.3 Å². The van der Waals surface area contributed by atoms with Crippen molar-refractivity contribution in [3.05, 3.63) is 30.0 Å². The predicted molar refractivity (Wildman–Crippen MR) is 67.9 cm³/mol. The van der Waals surface area contributed by atoms with E-state index in [1.807, 2.05) is 6.26 Å². The number of carbonyl (C=O) groups is 2. The minimum atomic E-state index is -1.04. The summed E-state index contributed by atoms with van der Waals surface area (Å²) in [4.78, 5) is 25.7. The summed E-state index contributed by atoms with van der Waals surface area (Å²) in [6.07, 6.45) is 4.20. The fraction of sp³-hybridized carbons (Fsp3) is 0.182. The zero-order valence-electron chi connectivity index (χ0n) is 9.21. The van der Waals surface area contributed by atoms with Gasteiger partial charge in [-0.2, -0.15) is 11.8 Å². The largest absolute Gasteiger partial charge is 0.478 e. The van der Waals surface area contributed by atoms with Gasteiger partial charge in [0.2, 0.25) is 5.91 Å². The second-order valence-electron chi connectivity index (χ2n) is 3.10. The number of aromatic nitrogens is 1. The number of carboxylic acids is 1. The quantitative estimate of drug-likeness (QED) is 0.776. The molecule has 0 bridgehead atoms. The van der Waals surface area contributed by atoms with Crippen LogP contribution in [0.3, 0.4) is 0 Å². The van der Waals surface area contributed by atoms with Crippen LogP contribution in [-0.4, -0.2) is 34.0 Å². The van der Waals surface area contributed by atoms with Gasteiger partial charge < -0.3 is 10.4 Å². The molecule has 1 heterocycles. The Balaban J connectivity index is 2.72. The first kappa shape index (κ1) is 13.2. The number of hydrogen-bond donors (Lipinski definition) is 2. The zero-order valence-corrected chi connectivity index (χ0v) is 10.0. The van der Waals surface area contributed by atoms with Crippen molar-refractivity contribution in [3.63, 3.8) is 0 Å². The first-order valence-electron chi connectivity index (χ1n) is 4.78. The van der Waals surface area contributed by atoms with E-state index in [4.69, 9.17) is 5.11 Å². The summed E-state index contributed by atoms with van der Waals surface area (Å²) in [5.74, 6) is -0.402. The highest BCUT2D eigenvalue weighted by atomic mass is 32.2. The highest BCUT2D eigenvalue weighted by Crippen LogP contribution is 2.07. The Hall–Kier alpha value is -1.82. The molecule has 1 amide bonds. The molecule has 5 nitrogen and oxygen atoms in total. The Kier molecular flexibility index (Phi) is 5.22. The van der Waals surface area contributed by atoms with E-state index in [0.717, 1.165) is 6.08 Å². The first-order valence-corrected chi connectivity index (χ1v) is 6.18. The summed E-state index contributed by atoms with van der Waals surface area (Å²) in [6.45, 7) is 0. The fourth-order valence-corrected chi connectivity index (χ4v) is 1.41. The molecule has 1 rings (SSSR count). The number of hydrogen-bond acceptors (Lipinski definition) is 4. The molecule has 0 aliphatic carbocycles. The summed E-state index contributed by atoms with van der Waals surface area (Å²) < 4.78 is 0. The Labute approximate surface area is 103 Å². The molecule has 0 saturated heterocycles. The van der Waals surface area contributed by atoms with Crippen LogP contribution in [0.1, 0.15) is 5.69 Å². The van der Waals surface area contributed by atoms with Crippen LogP contribution in [0.5, 0.6) is 0 Å². The van der Waals surface area contributed by atoms with Crippen molar-refractivity contribution in [3.8, 4) is 0 Å². The number of nitrogens with zero attached hydrogens (tertiary/aromatic N) is 1. The van der Waals surface area contributed by atoms with Gasteiger partial charge in [0.25, 0.3) is 0 Å². The summed E-state index contributed by atoms with van der Waals surface area (Å²) >= 11 is 1.42. The Morgan fingerprint density at radius 3 is 2.94 bits per heavy atom. The van der Waals surface area contributed by atoms with Crippen molar-refractivity contribution in [2.24, 2.45) is 0 Å². The number of rotatable bonds is 5. The summed E-state index contributed by atoms with van der Waals surface area (Å²) in [5, 5.41) is 11.1. The minimum absolute atomic E-state index is 0.135. The van der Waals surface area contributed by atoms with Crippen molar-refractivity contribution in [2.45, 2.75) is 0 Å². The minimum Gasteiger partial charge on any atom is -0.478 e. The first-order chi connectivity index (χ1) is 8.11. The molecule has 0 fully saturated rings. The van der Waals surface area contributed by atoms with Crippen molar-refractivity contribution in [1.29, 1.82) is 0 Å². The lowest BCUT2D eigenvalue weighted by atomic mass is 10.3. The van der Waals surface area contributed by atoms with Gasteiger partial charge in [0, 0.05) is 6.08 Å². The topological polar surface area (TPSA) is 79.3 Å². The number of anilines is 1.